The van der Waals surface area contributed by atoms with Gasteiger partial charge in [0.1, 0.15) is 10.4 Å². The van der Waals surface area contributed by atoms with Crippen LogP contribution in [0, 0.1) is 13.8 Å². The van der Waals surface area contributed by atoms with Gasteiger partial charge in [0.25, 0.3) is 0 Å². The maximum Gasteiger partial charge on any atom is 0.158 e. The largest absolute Gasteiger partial charge is 0.226 e. The topological polar surface area (TPSA) is 43.6 Å². The van der Waals surface area contributed by atoms with Crippen molar-refractivity contribution < 1.29 is 0 Å². The summed E-state index contributed by atoms with van der Waals surface area (Å²) in [5, 5.41) is 5.08. The van der Waals surface area contributed by atoms with E-state index >= 15 is 0 Å². The molecular weight excluding hydrogens is 316 g/mol. The molecule has 6 heteroatoms. The number of nitrogens with zero attached hydrogens (tertiary/aromatic N) is 4. The minimum Gasteiger partial charge on any atom is -0.226 e. The van der Waals surface area contributed by atoms with Crippen LogP contribution in [-0.2, 0) is 6.42 Å². The molecule has 2 aromatic rings. The molecule has 0 atom stereocenters. The second-order valence-electron chi connectivity index (χ2n) is 4.11. The molecule has 0 amide bonds. The van der Waals surface area contributed by atoms with Gasteiger partial charge in [0.05, 0.1) is 16.4 Å². The first-order chi connectivity index (χ1) is 8.52. The molecule has 0 aromatic carbocycles. The molecule has 0 aliphatic rings. The average molecular weight is 330 g/mol. The zero-order valence-corrected chi connectivity index (χ0v) is 12.9. The molecule has 2 heterocycles. The Morgan fingerprint density at radius 2 is 2.06 bits per heavy atom. The van der Waals surface area contributed by atoms with Crippen LogP contribution in [0.4, 0.5) is 0 Å². The molecule has 2 aromatic heterocycles. The fourth-order valence-electron chi connectivity index (χ4n) is 1.74. The van der Waals surface area contributed by atoms with Gasteiger partial charge in [-0.25, -0.2) is 14.6 Å². The van der Waals surface area contributed by atoms with Gasteiger partial charge in [-0.1, -0.05) is 18.5 Å². The first kappa shape index (κ1) is 13.5. The van der Waals surface area contributed by atoms with Crippen LogP contribution in [0.25, 0.3) is 5.82 Å². The number of halogens is 2. The van der Waals surface area contributed by atoms with Crippen molar-refractivity contribution >= 4 is 27.5 Å². The van der Waals surface area contributed by atoms with Gasteiger partial charge >= 0.3 is 0 Å². The highest BCUT2D eigenvalue weighted by Crippen LogP contribution is 2.22. The third-order valence-corrected chi connectivity index (χ3v) is 3.57. The highest BCUT2D eigenvalue weighted by Gasteiger charge is 2.13. The van der Waals surface area contributed by atoms with Crippen LogP contribution in [0.1, 0.15) is 30.6 Å². The maximum absolute atomic E-state index is 6.15. The van der Waals surface area contributed by atoms with Crippen molar-refractivity contribution in [2.45, 2.75) is 33.6 Å². The standard InChI is InChI=1S/C12H14BrClN4/c1-4-5-10-15-9(13)6-11(16-10)18-8(3)12(14)7(2)17-18/h6H,4-5H2,1-3H3. The molecule has 0 N–H and O–H groups in total. The molecule has 0 saturated heterocycles. The van der Waals surface area contributed by atoms with Gasteiger partial charge in [-0.2, -0.15) is 5.10 Å². The first-order valence-corrected chi connectivity index (χ1v) is 6.95. The van der Waals surface area contributed by atoms with Gasteiger partial charge in [-0.15, -0.1) is 0 Å². The van der Waals surface area contributed by atoms with Gasteiger partial charge in [0.15, 0.2) is 5.82 Å². The van der Waals surface area contributed by atoms with E-state index in [0.29, 0.717) is 5.02 Å². The van der Waals surface area contributed by atoms with Crippen molar-refractivity contribution in [1.82, 2.24) is 19.7 Å². The van der Waals surface area contributed by atoms with E-state index in [1.54, 1.807) is 4.68 Å². The van der Waals surface area contributed by atoms with Crippen LogP contribution in [0.5, 0.6) is 0 Å². The van der Waals surface area contributed by atoms with Gasteiger partial charge in [0, 0.05) is 12.5 Å². The summed E-state index contributed by atoms with van der Waals surface area (Å²) in [6.45, 7) is 5.91. The molecule has 96 valence electrons. The Bertz CT molecular complexity index is 580. The van der Waals surface area contributed by atoms with E-state index in [9.17, 15) is 0 Å². The molecule has 2 rings (SSSR count). The lowest BCUT2D eigenvalue weighted by atomic mass is 10.3. The quantitative estimate of drug-likeness (QED) is 0.807. The summed E-state index contributed by atoms with van der Waals surface area (Å²) in [7, 11) is 0. The SMILES string of the molecule is CCCc1nc(Br)cc(-n2nc(C)c(Cl)c2C)n1. The minimum absolute atomic E-state index is 0.682. The van der Waals surface area contributed by atoms with Gasteiger partial charge in [-0.05, 0) is 36.2 Å². The summed E-state index contributed by atoms with van der Waals surface area (Å²) in [6, 6.07) is 1.84. The summed E-state index contributed by atoms with van der Waals surface area (Å²) in [5.41, 5.74) is 1.70. The van der Waals surface area contributed by atoms with Crippen LogP contribution < -0.4 is 0 Å². The molecule has 0 fully saturated rings. The Hall–Kier alpha value is -0.940. The molecule has 0 radical (unpaired) electrons. The van der Waals surface area contributed by atoms with Gasteiger partial charge < -0.3 is 0 Å². The van der Waals surface area contributed by atoms with Crippen molar-refractivity contribution in [2.75, 3.05) is 0 Å². The van der Waals surface area contributed by atoms with E-state index in [1.807, 2.05) is 19.9 Å². The number of aromatic nitrogens is 4. The fraction of sp³-hybridized carbons (Fsp3) is 0.417. The fourth-order valence-corrected chi connectivity index (χ4v) is 2.27. The first-order valence-electron chi connectivity index (χ1n) is 5.78. The minimum atomic E-state index is 0.682. The van der Waals surface area contributed by atoms with Gasteiger partial charge in [0.2, 0.25) is 0 Å². The van der Waals surface area contributed by atoms with Crippen LogP contribution in [0.2, 0.25) is 5.02 Å². The van der Waals surface area contributed by atoms with Crippen molar-refractivity contribution in [1.29, 1.82) is 0 Å². The molecule has 0 saturated carbocycles. The second-order valence-corrected chi connectivity index (χ2v) is 5.30. The Labute approximate surface area is 120 Å². The Kier molecular flexibility index (Phi) is 4.02. The van der Waals surface area contributed by atoms with Crippen LogP contribution in [0.15, 0.2) is 10.7 Å². The number of hydrogen-bond acceptors (Lipinski definition) is 3. The van der Waals surface area contributed by atoms with Crippen LogP contribution >= 0.6 is 27.5 Å². The third kappa shape index (κ3) is 2.57. The van der Waals surface area contributed by atoms with E-state index in [2.05, 4.69) is 37.9 Å². The van der Waals surface area contributed by atoms with E-state index in [-0.39, 0.29) is 0 Å². The molecule has 0 spiro atoms. The van der Waals surface area contributed by atoms with E-state index < -0.39 is 0 Å². The Morgan fingerprint density at radius 3 is 2.61 bits per heavy atom. The van der Waals surface area contributed by atoms with Crippen molar-refractivity contribution in [3.63, 3.8) is 0 Å². The van der Waals surface area contributed by atoms with Crippen molar-refractivity contribution in [3.05, 3.63) is 32.9 Å². The molecule has 0 aliphatic heterocycles. The third-order valence-electron chi connectivity index (χ3n) is 2.62. The second kappa shape index (κ2) is 5.36. The van der Waals surface area contributed by atoms with Crippen molar-refractivity contribution in [2.24, 2.45) is 0 Å². The summed E-state index contributed by atoms with van der Waals surface area (Å²) < 4.78 is 2.52. The van der Waals surface area contributed by atoms with E-state index in [1.165, 1.54) is 0 Å². The van der Waals surface area contributed by atoms with E-state index in [4.69, 9.17) is 11.6 Å². The molecule has 0 aliphatic carbocycles. The lowest BCUT2D eigenvalue weighted by Crippen LogP contribution is -2.06. The molecule has 4 nitrogen and oxygen atoms in total. The summed E-state index contributed by atoms with van der Waals surface area (Å²) >= 11 is 9.56. The lowest BCUT2D eigenvalue weighted by Gasteiger charge is -2.06. The van der Waals surface area contributed by atoms with E-state index in [0.717, 1.165) is 40.5 Å². The Morgan fingerprint density at radius 1 is 1.33 bits per heavy atom. The molecule has 0 bridgehead atoms. The Balaban J connectivity index is 2.52. The highest BCUT2D eigenvalue weighted by atomic mass is 79.9. The summed E-state index contributed by atoms with van der Waals surface area (Å²) in [4.78, 5) is 8.85. The zero-order valence-electron chi connectivity index (χ0n) is 10.5. The smallest absolute Gasteiger partial charge is 0.158 e. The predicted molar refractivity (Wildman–Crippen MR) is 75.3 cm³/mol. The van der Waals surface area contributed by atoms with Gasteiger partial charge in [-0.3, -0.25) is 0 Å². The highest BCUT2D eigenvalue weighted by molar-refractivity contribution is 9.10. The van der Waals surface area contributed by atoms with Crippen LogP contribution in [-0.4, -0.2) is 19.7 Å². The normalized spacial score (nSPS) is 10.9. The number of rotatable bonds is 3. The molecular formula is C12H14BrClN4. The average Bonchev–Trinajstić information content (AvgIpc) is 2.57. The number of aryl methyl sites for hydroxylation is 2. The lowest BCUT2D eigenvalue weighted by molar-refractivity contribution is 0.761. The zero-order chi connectivity index (χ0) is 13.3. The van der Waals surface area contributed by atoms with Crippen molar-refractivity contribution in [3.8, 4) is 5.82 Å². The molecule has 18 heavy (non-hydrogen) atoms. The monoisotopic (exact) mass is 328 g/mol. The summed E-state index contributed by atoms with van der Waals surface area (Å²) in [6.07, 6.45) is 1.85. The predicted octanol–water partition coefficient (Wildman–Crippen LogP) is 3.65. The molecule has 0 unspecified atom stereocenters. The number of hydrogen-bond donors (Lipinski definition) is 0. The summed E-state index contributed by atoms with van der Waals surface area (Å²) in [5.74, 6) is 1.55. The maximum atomic E-state index is 6.15. The van der Waals surface area contributed by atoms with Crippen LogP contribution in [0.3, 0.4) is 0 Å².